The summed E-state index contributed by atoms with van der Waals surface area (Å²) in [5, 5.41) is 0. The van der Waals surface area contributed by atoms with Crippen LogP contribution in [0.1, 0.15) is 283 Å². The van der Waals surface area contributed by atoms with Crippen LogP contribution in [0.15, 0.2) is 0 Å². The first-order chi connectivity index (χ1) is 27.5. The molecule has 9 aliphatic carbocycles. The van der Waals surface area contributed by atoms with Crippen molar-refractivity contribution in [2.24, 2.45) is 87.2 Å². The van der Waals surface area contributed by atoms with E-state index in [4.69, 9.17) is 4.11 Å². The molecule has 0 amide bonds. The molecule has 0 N–H and O–H groups in total. The van der Waals surface area contributed by atoms with Gasteiger partial charge in [0.15, 0.2) is 0 Å². The molecule has 6 atom stereocenters. The minimum Gasteiger partial charge on any atom is -0.0651 e. The number of fused-ring (bicyclic) bond motifs is 4. The van der Waals surface area contributed by atoms with Crippen LogP contribution < -0.4 is 0 Å². The van der Waals surface area contributed by atoms with Gasteiger partial charge in [-0.2, -0.15) is 0 Å². The van der Waals surface area contributed by atoms with Crippen LogP contribution >= 0.6 is 0 Å². The summed E-state index contributed by atoms with van der Waals surface area (Å²) in [4.78, 5) is 0. The van der Waals surface area contributed by atoms with Crippen molar-refractivity contribution in [3.05, 3.63) is 0 Å². The third-order valence-electron chi connectivity index (χ3n) is 15.6. The second kappa shape index (κ2) is 27.8. The molecular weight excluding hydrogens is 685 g/mol. The molecule has 9 fully saturated rings. The minimum atomic E-state index is -1.00. The first kappa shape index (κ1) is 49.7. The third-order valence-corrected chi connectivity index (χ3v) is 15.6. The fourth-order valence-corrected chi connectivity index (χ4v) is 11.8. The van der Waals surface area contributed by atoms with Crippen molar-refractivity contribution in [1.82, 2.24) is 0 Å². The molecule has 0 aliphatic heterocycles. The van der Waals surface area contributed by atoms with E-state index < -0.39 is 6.37 Å². The van der Waals surface area contributed by atoms with Crippen LogP contribution in [-0.2, 0) is 0 Å². The van der Waals surface area contributed by atoms with Gasteiger partial charge in [-0.25, -0.2) is 0 Å². The molecule has 9 saturated carbocycles. The van der Waals surface area contributed by atoms with E-state index in [2.05, 4.69) is 83.1 Å². The molecule has 0 spiro atoms. The Bertz CT molecular complexity index is 1010. The summed E-state index contributed by atoms with van der Waals surface area (Å²) >= 11 is 0. The molecule has 0 heteroatoms. The van der Waals surface area contributed by atoms with E-state index in [0.717, 1.165) is 64.6 Å². The van der Waals surface area contributed by atoms with Crippen molar-refractivity contribution in [1.29, 1.82) is 0 Å². The Hall–Kier alpha value is 0. The Morgan fingerprint density at radius 1 is 0.561 bits per heavy atom. The molecule has 9 rings (SSSR count). The van der Waals surface area contributed by atoms with E-state index in [1.54, 1.807) is 96.8 Å². The predicted octanol–water partition coefficient (Wildman–Crippen LogP) is 20.1. The van der Waals surface area contributed by atoms with Gasteiger partial charge in [-0.05, 0) is 164 Å². The van der Waals surface area contributed by atoms with Gasteiger partial charge in [-0.1, -0.05) is 202 Å². The highest BCUT2D eigenvalue weighted by Gasteiger charge is 2.48. The molecule has 8 bridgehead atoms. The zero-order valence-corrected chi connectivity index (χ0v) is 43.1. The molecule has 0 aromatic carbocycles. The van der Waals surface area contributed by atoms with Crippen molar-refractivity contribution in [3.8, 4) is 0 Å². The lowest BCUT2D eigenvalue weighted by atomic mass is 9.50. The SMILES string of the molecule is CC(C)(C)C.CC12CC3CC(CC(C3)C1)C2.CCC(C)(C)CC.CCC1CC2CCC1C2.CCC1CCCCC1.C[C@H]1CC2CCC1C2.[2H]C(C)(C)C.[2H]C([2H])(C)C(C)C. The maximum atomic E-state index is 7.05. The summed E-state index contributed by atoms with van der Waals surface area (Å²) in [6.45, 7) is 38.4. The second-order valence-electron chi connectivity index (χ2n) is 25.0. The molecule has 0 aromatic heterocycles. The lowest BCUT2D eigenvalue weighted by Crippen LogP contribution is -2.44. The monoisotopic (exact) mass is 802 g/mol. The highest BCUT2D eigenvalue weighted by Crippen LogP contribution is 2.59. The average Bonchev–Trinajstić information content (AvgIpc) is 3.94. The van der Waals surface area contributed by atoms with Crippen LogP contribution in [0.2, 0.25) is 0 Å². The van der Waals surface area contributed by atoms with Crippen LogP contribution in [0.3, 0.4) is 0 Å². The van der Waals surface area contributed by atoms with Gasteiger partial charge in [0, 0.05) is 4.11 Å². The third kappa shape index (κ3) is 24.9. The first-order valence-electron chi connectivity index (χ1n) is 27.5. The number of hydrogen-bond donors (Lipinski definition) is 0. The van der Waals surface area contributed by atoms with Gasteiger partial charge >= 0.3 is 0 Å². The highest BCUT2D eigenvalue weighted by molar-refractivity contribution is 4.99. The van der Waals surface area contributed by atoms with E-state index in [-0.39, 0.29) is 11.8 Å². The fourth-order valence-electron chi connectivity index (χ4n) is 11.8. The Labute approximate surface area is 368 Å². The molecule has 0 radical (unpaired) electrons. The summed E-state index contributed by atoms with van der Waals surface area (Å²) in [5.41, 5.74) is 1.88. The Balaban J connectivity index is 0.000000348. The van der Waals surface area contributed by atoms with Crippen molar-refractivity contribution in [2.75, 3.05) is 0 Å². The number of hydrogen-bond acceptors (Lipinski definition) is 0. The van der Waals surface area contributed by atoms with E-state index in [9.17, 15) is 0 Å². The van der Waals surface area contributed by atoms with Crippen molar-refractivity contribution in [2.45, 2.75) is 279 Å². The van der Waals surface area contributed by atoms with Crippen molar-refractivity contribution >= 4 is 0 Å². The maximum Gasteiger partial charge on any atom is 0.0294 e. The van der Waals surface area contributed by atoms with Crippen LogP contribution in [0.25, 0.3) is 0 Å². The lowest BCUT2D eigenvalue weighted by molar-refractivity contribution is -0.0411. The minimum absolute atomic E-state index is 0.132. The van der Waals surface area contributed by atoms with Gasteiger partial charge in [0.2, 0.25) is 0 Å². The molecule has 0 heterocycles. The zero-order chi connectivity index (χ0) is 46.1. The van der Waals surface area contributed by atoms with Gasteiger partial charge in [-0.15, -0.1) is 0 Å². The Morgan fingerprint density at radius 2 is 0.965 bits per heavy atom. The van der Waals surface area contributed by atoms with Crippen molar-refractivity contribution in [3.63, 3.8) is 0 Å². The van der Waals surface area contributed by atoms with Crippen LogP contribution in [-0.4, -0.2) is 0 Å². The highest BCUT2D eigenvalue weighted by atomic mass is 14.5. The standard InChI is InChI=1S/C11H18.C9H16.C8H14.C8H16.C7H16.2C5H12.C4H10/c1-11-5-8-2-9(6-11)4-10(3-8)7-11;1-2-8-5-7-3-4-9(8)6-7;1-6-4-7-2-3-8(6)5-7;1-2-8-6-4-3-5-7-8;1-5-7(3,4)6-2;1-5(2,3)4;1-4-5(2)3;1-4(2)3/h8-10H,2-7H2,1H3;7-9H,2-6H2,1H3;6-8H,2-5H2,1H3;8H,2-7H2,1H3;5-6H2,1-4H3;1-4H3;5H,4H2,1-3H3;4H,1-3H3/t;;6-,7?,8?;;;;;/m..0...../s1/i;;;;;;4D2;4D. The summed E-state index contributed by atoms with van der Waals surface area (Å²) < 4.78 is 21.0. The summed E-state index contributed by atoms with van der Waals surface area (Å²) in [5.74, 6) is 11.2. The van der Waals surface area contributed by atoms with E-state index in [1.807, 2.05) is 34.6 Å². The Morgan fingerprint density at radius 3 is 1.14 bits per heavy atom. The molecule has 342 valence electrons. The molecule has 0 aromatic rings. The topological polar surface area (TPSA) is 0 Å². The van der Waals surface area contributed by atoms with Crippen LogP contribution in [0.4, 0.5) is 0 Å². The second-order valence-corrected chi connectivity index (χ2v) is 25.0. The normalized spacial score (nSPS) is 35.2. The fraction of sp³-hybridized carbons (Fsp3) is 1.00. The largest absolute Gasteiger partial charge is 0.0651 e. The molecule has 57 heavy (non-hydrogen) atoms. The first-order valence-corrected chi connectivity index (χ1v) is 26.0. The average molecular weight is 803 g/mol. The van der Waals surface area contributed by atoms with Gasteiger partial charge in [0.25, 0.3) is 0 Å². The van der Waals surface area contributed by atoms with E-state index in [0.29, 0.717) is 10.8 Å². The summed E-state index contributed by atoms with van der Waals surface area (Å²) in [6, 6.07) is 0. The van der Waals surface area contributed by atoms with Gasteiger partial charge in [0.1, 0.15) is 0 Å². The van der Waals surface area contributed by atoms with Gasteiger partial charge in [-0.3, -0.25) is 0 Å². The smallest absolute Gasteiger partial charge is 0.0294 e. The molecule has 0 nitrogen and oxygen atoms in total. The predicted molar refractivity (Wildman–Crippen MR) is 262 cm³/mol. The van der Waals surface area contributed by atoms with E-state index in [1.165, 1.54) is 57.8 Å². The lowest BCUT2D eigenvalue weighted by Gasteiger charge is -2.55. The molecule has 5 unspecified atom stereocenters. The molecule has 9 aliphatic rings. The summed E-state index contributed by atoms with van der Waals surface area (Å²) in [7, 11) is 0. The maximum absolute atomic E-state index is 7.05. The quantitative estimate of drug-likeness (QED) is 0.260. The zero-order valence-electron chi connectivity index (χ0n) is 46.1. The molecular formula is C57H114. The number of rotatable bonds is 5. The van der Waals surface area contributed by atoms with Gasteiger partial charge < -0.3 is 0 Å². The van der Waals surface area contributed by atoms with E-state index >= 15 is 0 Å². The Kier molecular flexibility index (Phi) is 24.3. The van der Waals surface area contributed by atoms with Crippen LogP contribution in [0.5, 0.6) is 0 Å². The van der Waals surface area contributed by atoms with Crippen LogP contribution in [0, 0.1) is 87.2 Å². The summed E-state index contributed by atoms with van der Waals surface area (Å²) in [6.07, 6.45) is 33.9. The molecule has 0 saturated heterocycles. The van der Waals surface area contributed by atoms with Crippen molar-refractivity contribution < 1.29 is 4.11 Å². The van der Waals surface area contributed by atoms with Gasteiger partial charge in [0.05, 0.1) is 0 Å².